The molecule has 0 aliphatic heterocycles. The highest BCUT2D eigenvalue weighted by molar-refractivity contribution is 6.30. The lowest BCUT2D eigenvalue weighted by molar-refractivity contribution is 0.0526. The number of carbonyl (C=O) groups excluding carboxylic acids is 1. The second-order valence-electron chi connectivity index (χ2n) is 3.55. The summed E-state index contributed by atoms with van der Waals surface area (Å²) in [6.45, 7) is 2.07. The minimum atomic E-state index is -0.411. The second-order valence-corrected chi connectivity index (χ2v) is 3.98. The molecule has 2 rings (SSSR count). The van der Waals surface area contributed by atoms with Crippen molar-refractivity contribution in [2.45, 2.75) is 6.92 Å². The van der Waals surface area contributed by atoms with Gasteiger partial charge in [-0.15, -0.1) is 0 Å². The maximum absolute atomic E-state index is 11.4. The Morgan fingerprint density at radius 3 is 2.79 bits per heavy atom. The molecule has 19 heavy (non-hydrogen) atoms. The number of halogens is 1. The molecule has 2 aromatic heterocycles. The number of ether oxygens (including phenoxy) is 2. The summed E-state index contributed by atoms with van der Waals surface area (Å²) in [5.41, 5.74) is 0.374. The molecule has 0 atom stereocenters. The van der Waals surface area contributed by atoms with E-state index in [1.807, 2.05) is 0 Å². The molecule has 0 aliphatic rings. The van der Waals surface area contributed by atoms with E-state index in [1.54, 1.807) is 25.1 Å². The van der Waals surface area contributed by atoms with Crippen LogP contribution in [0, 0.1) is 0 Å². The molecular weight excluding hydrogens is 268 g/mol. The fourth-order valence-electron chi connectivity index (χ4n) is 1.34. The zero-order chi connectivity index (χ0) is 13.7. The average molecular weight is 279 g/mol. The first-order chi connectivity index (χ1) is 9.19. The van der Waals surface area contributed by atoms with Crippen molar-refractivity contribution in [2.24, 2.45) is 0 Å². The zero-order valence-electron chi connectivity index (χ0n) is 10.2. The average Bonchev–Trinajstić information content (AvgIpc) is 2.40. The molecule has 2 heterocycles. The molecule has 2 aromatic rings. The van der Waals surface area contributed by atoms with Crippen molar-refractivity contribution in [3.63, 3.8) is 0 Å². The quantitative estimate of drug-likeness (QED) is 0.804. The smallest absolute Gasteiger partial charge is 0.339 e. The van der Waals surface area contributed by atoms with Gasteiger partial charge in [-0.25, -0.2) is 9.78 Å². The van der Waals surface area contributed by atoms with Crippen molar-refractivity contribution in [2.75, 3.05) is 6.61 Å². The third kappa shape index (κ3) is 3.66. The molecule has 0 bridgehead atoms. The number of nitrogens with zero attached hydrogens (tertiary/aromatic N) is 2. The lowest BCUT2D eigenvalue weighted by Crippen LogP contribution is -2.04. The highest BCUT2D eigenvalue weighted by atomic mass is 35.5. The Morgan fingerprint density at radius 2 is 2.16 bits per heavy atom. The van der Waals surface area contributed by atoms with E-state index in [0.717, 1.165) is 0 Å². The first kappa shape index (κ1) is 13.3. The summed E-state index contributed by atoms with van der Waals surface area (Å²) < 4.78 is 10.3. The predicted molar refractivity (Wildman–Crippen MR) is 69.5 cm³/mol. The van der Waals surface area contributed by atoms with Gasteiger partial charge in [0.05, 0.1) is 23.4 Å². The van der Waals surface area contributed by atoms with Gasteiger partial charge in [0.1, 0.15) is 5.75 Å². The molecule has 0 saturated carbocycles. The van der Waals surface area contributed by atoms with Gasteiger partial charge in [0.25, 0.3) is 0 Å². The monoisotopic (exact) mass is 278 g/mol. The van der Waals surface area contributed by atoms with Gasteiger partial charge in [-0.1, -0.05) is 11.6 Å². The maximum atomic E-state index is 11.4. The van der Waals surface area contributed by atoms with Crippen molar-refractivity contribution < 1.29 is 14.3 Å². The van der Waals surface area contributed by atoms with Crippen molar-refractivity contribution in [3.05, 3.63) is 47.4 Å². The minimum Gasteiger partial charge on any atom is -0.462 e. The van der Waals surface area contributed by atoms with Gasteiger partial charge in [-0.2, -0.15) is 0 Å². The molecule has 6 heteroatoms. The number of hydrogen-bond acceptors (Lipinski definition) is 5. The first-order valence-corrected chi connectivity index (χ1v) is 5.98. The van der Waals surface area contributed by atoms with Crippen LogP contribution in [0.5, 0.6) is 11.6 Å². The van der Waals surface area contributed by atoms with E-state index in [1.165, 1.54) is 18.6 Å². The Kier molecular flexibility index (Phi) is 4.30. The van der Waals surface area contributed by atoms with Crippen molar-refractivity contribution in [3.8, 4) is 11.6 Å². The topological polar surface area (TPSA) is 61.3 Å². The van der Waals surface area contributed by atoms with Gasteiger partial charge in [0, 0.05) is 24.5 Å². The number of esters is 1. The summed E-state index contributed by atoms with van der Waals surface area (Å²) >= 11 is 5.79. The Bertz CT molecular complexity index is 572. The summed E-state index contributed by atoms with van der Waals surface area (Å²) in [4.78, 5) is 19.3. The van der Waals surface area contributed by atoms with Crippen LogP contribution in [0.3, 0.4) is 0 Å². The molecule has 0 radical (unpaired) electrons. The largest absolute Gasteiger partial charge is 0.462 e. The van der Waals surface area contributed by atoms with E-state index < -0.39 is 5.97 Å². The van der Waals surface area contributed by atoms with Crippen LogP contribution in [0.4, 0.5) is 0 Å². The van der Waals surface area contributed by atoms with Crippen LogP contribution in [0.25, 0.3) is 0 Å². The zero-order valence-corrected chi connectivity index (χ0v) is 10.9. The molecule has 0 aliphatic carbocycles. The van der Waals surface area contributed by atoms with Gasteiger partial charge in [0.15, 0.2) is 0 Å². The van der Waals surface area contributed by atoms with Gasteiger partial charge in [-0.3, -0.25) is 4.98 Å². The normalized spacial score (nSPS) is 10.0. The summed E-state index contributed by atoms with van der Waals surface area (Å²) in [5.74, 6) is 0.409. The molecule has 5 nitrogen and oxygen atoms in total. The van der Waals surface area contributed by atoms with E-state index >= 15 is 0 Å². The SMILES string of the molecule is CCOC(=O)c1ccc(Oc2cncc(Cl)c2)nc1. The third-order valence-corrected chi connectivity index (χ3v) is 2.36. The number of hydrogen-bond donors (Lipinski definition) is 0. The van der Waals surface area contributed by atoms with E-state index in [0.29, 0.717) is 28.8 Å². The van der Waals surface area contributed by atoms with Crippen molar-refractivity contribution in [1.29, 1.82) is 0 Å². The van der Waals surface area contributed by atoms with E-state index in [-0.39, 0.29) is 0 Å². The third-order valence-electron chi connectivity index (χ3n) is 2.15. The predicted octanol–water partition coefficient (Wildman–Crippen LogP) is 3.10. The minimum absolute atomic E-state index is 0.325. The number of rotatable bonds is 4. The summed E-state index contributed by atoms with van der Waals surface area (Å²) in [6.07, 6.45) is 4.42. The molecule has 0 aromatic carbocycles. The molecule has 98 valence electrons. The Hall–Kier alpha value is -2.14. The van der Waals surface area contributed by atoms with Crippen molar-refractivity contribution >= 4 is 17.6 Å². The van der Waals surface area contributed by atoms with E-state index in [4.69, 9.17) is 21.1 Å². The first-order valence-electron chi connectivity index (χ1n) is 5.60. The molecule has 0 spiro atoms. The van der Waals surface area contributed by atoms with Gasteiger partial charge < -0.3 is 9.47 Å². The van der Waals surface area contributed by atoms with Gasteiger partial charge in [-0.05, 0) is 13.0 Å². The van der Waals surface area contributed by atoms with Crippen LogP contribution >= 0.6 is 11.6 Å². The molecule has 0 fully saturated rings. The lowest BCUT2D eigenvalue weighted by Gasteiger charge is -2.05. The maximum Gasteiger partial charge on any atom is 0.339 e. The molecule has 0 amide bonds. The fraction of sp³-hybridized carbons (Fsp3) is 0.154. The van der Waals surface area contributed by atoms with Crippen LogP contribution in [0.1, 0.15) is 17.3 Å². The second kappa shape index (κ2) is 6.15. The Morgan fingerprint density at radius 1 is 1.32 bits per heavy atom. The highest BCUT2D eigenvalue weighted by Crippen LogP contribution is 2.21. The number of aromatic nitrogens is 2. The van der Waals surface area contributed by atoms with Crippen molar-refractivity contribution in [1.82, 2.24) is 9.97 Å². The molecule has 0 unspecified atom stereocenters. The lowest BCUT2D eigenvalue weighted by atomic mass is 10.3. The van der Waals surface area contributed by atoms with Crippen LogP contribution in [-0.4, -0.2) is 22.5 Å². The molecule has 0 N–H and O–H groups in total. The Balaban J connectivity index is 2.08. The van der Waals surface area contributed by atoms with Crippen LogP contribution in [0.2, 0.25) is 5.02 Å². The summed E-state index contributed by atoms with van der Waals surface area (Å²) in [5, 5.41) is 0.473. The standard InChI is InChI=1S/C13H11ClN2O3/c1-2-18-13(17)9-3-4-12(16-6-9)19-11-5-10(14)7-15-8-11/h3-8H,2H2,1H3. The summed E-state index contributed by atoms with van der Waals surface area (Å²) in [7, 11) is 0. The summed E-state index contributed by atoms with van der Waals surface area (Å²) in [6, 6.07) is 4.78. The Labute approximate surface area is 115 Å². The highest BCUT2D eigenvalue weighted by Gasteiger charge is 2.07. The van der Waals surface area contributed by atoms with Crippen LogP contribution in [0.15, 0.2) is 36.8 Å². The van der Waals surface area contributed by atoms with E-state index in [9.17, 15) is 4.79 Å². The number of pyridine rings is 2. The van der Waals surface area contributed by atoms with Crippen LogP contribution < -0.4 is 4.74 Å². The number of carbonyl (C=O) groups is 1. The van der Waals surface area contributed by atoms with Gasteiger partial charge >= 0.3 is 5.97 Å². The van der Waals surface area contributed by atoms with Crippen LogP contribution in [-0.2, 0) is 4.74 Å². The fourth-order valence-corrected chi connectivity index (χ4v) is 1.51. The molecular formula is C13H11ClN2O3. The van der Waals surface area contributed by atoms with Gasteiger partial charge in [0.2, 0.25) is 5.88 Å². The molecule has 0 saturated heterocycles. The van der Waals surface area contributed by atoms with E-state index in [2.05, 4.69) is 9.97 Å².